The predicted molar refractivity (Wildman–Crippen MR) is 126 cm³/mol. The van der Waals surface area contributed by atoms with E-state index in [1.165, 1.54) is 26.2 Å². The molecule has 6 nitrogen and oxygen atoms in total. The number of carbonyl (C=O) groups is 3. The zero-order chi connectivity index (χ0) is 24.5. The van der Waals surface area contributed by atoms with Gasteiger partial charge in [-0.15, -0.1) is 0 Å². The van der Waals surface area contributed by atoms with Crippen LogP contribution in [0.1, 0.15) is 29.5 Å². The zero-order valence-electron chi connectivity index (χ0n) is 19.0. The van der Waals surface area contributed by atoms with E-state index in [1.54, 1.807) is 12.1 Å². The molecule has 0 aliphatic rings. The maximum atomic E-state index is 13.3. The van der Waals surface area contributed by atoms with Gasteiger partial charge in [-0.2, -0.15) is 0 Å². The van der Waals surface area contributed by atoms with Gasteiger partial charge >= 0.3 is 5.97 Å². The largest absolute Gasteiger partial charge is 0.467 e. The molecule has 0 saturated carbocycles. The minimum absolute atomic E-state index is 0.126. The Balaban J connectivity index is 1.94. The summed E-state index contributed by atoms with van der Waals surface area (Å²) < 4.78 is 18.4. The number of halogens is 1. The van der Waals surface area contributed by atoms with Gasteiger partial charge in [0.1, 0.15) is 17.9 Å². The molecule has 176 valence electrons. The Morgan fingerprint density at radius 1 is 0.824 bits per heavy atom. The number of hydrogen-bond donors (Lipinski definition) is 2. The molecule has 0 aromatic heterocycles. The first-order valence-corrected chi connectivity index (χ1v) is 10.9. The van der Waals surface area contributed by atoms with Crippen molar-refractivity contribution in [2.24, 2.45) is 0 Å². The molecule has 2 N–H and O–H groups in total. The lowest BCUT2D eigenvalue weighted by Gasteiger charge is -2.29. The molecule has 0 heterocycles. The molecule has 0 bridgehead atoms. The number of rotatable bonds is 9. The van der Waals surface area contributed by atoms with E-state index in [0.717, 1.165) is 11.1 Å². The summed E-state index contributed by atoms with van der Waals surface area (Å²) in [6.07, 6.45) is 0.126. The first kappa shape index (κ1) is 24.6. The first-order chi connectivity index (χ1) is 16.4. The normalized spacial score (nSPS) is 12.5. The van der Waals surface area contributed by atoms with Gasteiger partial charge in [0.05, 0.1) is 7.11 Å². The quantitative estimate of drug-likeness (QED) is 0.478. The maximum absolute atomic E-state index is 13.3. The van der Waals surface area contributed by atoms with E-state index < -0.39 is 41.6 Å². The van der Waals surface area contributed by atoms with Crippen molar-refractivity contribution in [3.05, 3.63) is 107 Å². The minimum Gasteiger partial charge on any atom is -0.467 e. The van der Waals surface area contributed by atoms with Crippen LogP contribution < -0.4 is 10.6 Å². The smallest absolute Gasteiger partial charge is 0.329 e. The lowest BCUT2D eigenvalue weighted by atomic mass is 9.84. The number of carbonyl (C=O) groups excluding carboxylic acids is 3. The van der Waals surface area contributed by atoms with E-state index in [-0.39, 0.29) is 6.42 Å². The van der Waals surface area contributed by atoms with Crippen molar-refractivity contribution >= 4 is 17.8 Å². The molecule has 0 fully saturated rings. The highest BCUT2D eigenvalue weighted by Crippen LogP contribution is 2.29. The Kier molecular flexibility index (Phi) is 8.51. The summed E-state index contributed by atoms with van der Waals surface area (Å²) in [5, 5.41) is 5.43. The fourth-order valence-corrected chi connectivity index (χ4v) is 3.87. The highest BCUT2D eigenvalue weighted by atomic mass is 19.1. The lowest BCUT2D eigenvalue weighted by Crippen LogP contribution is -2.54. The molecule has 7 heteroatoms. The van der Waals surface area contributed by atoms with Crippen molar-refractivity contribution in [3.63, 3.8) is 0 Å². The fraction of sp³-hybridized carbons (Fsp3) is 0.222. The van der Waals surface area contributed by atoms with Crippen LogP contribution in [-0.2, 0) is 25.5 Å². The Labute approximate surface area is 198 Å². The van der Waals surface area contributed by atoms with Crippen LogP contribution in [0, 0.1) is 5.82 Å². The number of nitrogens with one attached hydrogen (secondary N) is 2. The van der Waals surface area contributed by atoms with Crippen molar-refractivity contribution in [1.82, 2.24) is 10.6 Å². The van der Waals surface area contributed by atoms with Gasteiger partial charge in [0.25, 0.3) is 0 Å². The standard InChI is InChI=1S/C27H27FN2O4/c1-18(31)29-23(17-19-13-15-22(28)16-14-19)26(32)30-25(27(33)34-2)24(20-9-5-3-6-10-20)21-11-7-4-8-12-21/h3-16,23-25H,17H2,1-2H3,(H,29,31)(H,30,32)/t23-,25+/m0/s1. The van der Waals surface area contributed by atoms with Crippen LogP contribution in [0.3, 0.4) is 0 Å². The number of hydrogen-bond acceptors (Lipinski definition) is 4. The van der Waals surface area contributed by atoms with Gasteiger partial charge in [-0.05, 0) is 28.8 Å². The van der Waals surface area contributed by atoms with Gasteiger partial charge in [0.2, 0.25) is 11.8 Å². The summed E-state index contributed by atoms with van der Waals surface area (Å²) in [5.74, 6) is -2.49. The van der Waals surface area contributed by atoms with E-state index in [9.17, 15) is 18.8 Å². The highest BCUT2D eigenvalue weighted by Gasteiger charge is 2.35. The first-order valence-electron chi connectivity index (χ1n) is 10.9. The van der Waals surface area contributed by atoms with Crippen molar-refractivity contribution in [1.29, 1.82) is 0 Å². The van der Waals surface area contributed by atoms with Crippen LogP contribution in [0.4, 0.5) is 4.39 Å². The van der Waals surface area contributed by atoms with Crippen LogP contribution >= 0.6 is 0 Å². The molecule has 0 spiro atoms. The van der Waals surface area contributed by atoms with Gasteiger partial charge in [-0.3, -0.25) is 9.59 Å². The van der Waals surface area contributed by atoms with E-state index in [2.05, 4.69) is 10.6 Å². The molecular weight excluding hydrogens is 435 g/mol. The fourth-order valence-electron chi connectivity index (χ4n) is 3.87. The second-order valence-corrected chi connectivity index (χ2v) is 7.89. The summed E-state index contributed by atoms with van der Waals surface area (Å²) in [6.45, 7) is 1.31. The lowest BCUT2D eigenvalue weighted by molar-refractivity contribution is -0.145. The summed E-state index contributed by atoms with van der Waals surface area (Å²) in [5.41, 5.74) is 2.30. The van der Waals surface area contributed by atoms with Crippen molar-refractivity contribution in [3.8, 4) is 0 Å². The number of amides is 2. The molecule has 0 saturated heterocycles. The average molecular weight is 463 g/mol. The number of esters is 1. The van der Waals surface area contributed by atoms with Crippen molar-refractivity contribution in [2.45, 2.75) is 31.3 Å². The summed E-state index contributed by atoms with van der Waals surface area (Å²) in [6, 6.07) is 22.3. The van der Waals surface area contributed by atoms with Crippen LogP contribution in [-0.4, -0.2) is 37.0 Å². The van der Waals surface area contributed by atoms with Gasteiger partial charge in [-0.25, -0.2) is 9.18 Å². The second-order valence-electron chi connectivity index (χ2n) is 7.89. The molecule has 0 radical (unpaired) electrons. The van der Waals surface area contributed by atoms with E-state index >= 15 is 0 Å². The van der Waals surface area contributed by atoms with Crippen LogP contribution in [0.2, 0.25) is 0 Å². The third-order valence-electron chi connectivity index (χ3n) is 5.45. The highest BCUT2D eigenvalue weighted by molar-refractivity contribution is 5.91. The molecular formula is C27H27FN2O4. The molecule has 0 aliphatic carbocycles. The van der Waals surface area contributed by atoms with Crippen LogP contribution in [0.5, 0.6) is 0 Å². The third kappa shape index (κ3) is 6.51. The third-order valence-corrected chi connectivity index (χ3v) is 5.45. The van der Waals surface area contributed by atoms with Gasteiger partial charge in [0.15, 0.2) is 0 Å². The molecule has 3 aromatic rings. The van der Waals surface area contributed by atoms with Crippen LogP contribution in [0.25, 0.3) is 0 Å². The van der Waals surface area contributed by atoms with E-state index in [1.807, 2.05) is 60.7 Å². The molecule has 2 amide bonds. The van der Waals surface area contributed by atoms with Gasteiger partial charge < -0.3 is 15.4 Å². The molecule has 0 aliphatic heterocycles. The topological polar surface area (TPSA) is 84.5 Å². The summed E-state index contributed by atoms with van der Waals surface area (Å²) in [7, 11) is 1.26. The Hall–Kier alpha value is -4.00. The number of methoxy groups -OCH3 is 1. The Morgan fingerprint density at radius 3 is 1.82 bits per heavy atom. The van der Waals surface area contributed by atoms with Gasteiger partial charge in [0, 0.05) is 19.3 Å². The second kappa shape index (κ2) is 11.7. The molecule has 34 heavy (non-hydrogen) atoms. The zero-order valence-corrected chi connectivity index (χ0v) is 19.0. The van der Waals surface area contributed by atoms with Gasteiger partial charge in [-0.1, -0.05) is 72.8 Å². The minimum atomic E-state index is -1.05. The maximum Gasteiger partial charge on any atom is 0.329 e. The SMILES string of the molecule is COC(=O)[C@H](NC(=O)[C@H](Cc1ccc(F)cc1)NC(C)=O)C(c1ccccc1)c1ccccc1. The molecule has 3 rings (SSSR count). The van der Waals surface area contributed by atoms with E-state index in [0.29, 0.717) is 5.56 Å². The average Bonchev–Trinajstić information content (AvgIpc) is 2.85. The van der Waals surface area contributed by atoms with E-state index in [4.69, 9.17) is 4.74 Å². The molecule has 3 aromatic carbocycles. The summed E-state index contributed by atoms with van der Waals surface area (Å²) >= 11 is 0. The number of benzene rings is 3. The van der Waals surface area contributed by atoms with Crippen LogP contribution in [0.15, 0.2) is 84.9 Å². The predicted octanol–water partition coefficient (Wildman–Crippen LogP) is 3.36. The van der Waals surface area contributed by atoms with Crippen molar-refractivity contribution in [2.75, 3.05) is 7.11 Å². The summed E-state index contributed by atoms with van der Waals surface area (Å²) in [4.78, 5) is 38.1. The van der Waals surface area contributed by atoms with Crippen molar-refractivity contribution < 1.29 is 23.5 Å². The number of ether oxygens (including phenoxy) is 1. The Bertz CT molecular complexity index is 1060. The molecule has 0 unspecified atom stereocenters. The molecule has 2 atom stereocenters. The monoisotopic (exact) mass is 462 g/mol. The Morgan fingerprint density at radius 2 is 1.35 bits per heavy atom.